The van der Waals surface area contributed by atoms with E-state index in [-0.39, 0.29) is 17.6 Å². The highest BCUT2D eigenvalue weighted by Crippen LogP contribution is 2.27. The monoisotopic (exact) mass is 466 g/mol. The number of hydrogen-bond acceptors (Lipinski definition) is 7. The van der Waals surface area contributed by atoms with Gasteiger partial charge in [0.25, 0.3) is 5.91 Å². The maximum Gasteiger partial charge on any atom is 0.256 e. The summed E-state index contributed by atoms with van der Waals surface area (Å²) in [7, 11) is 3.18. The predicted octanol–water partition coefficient (Wildman–Crippen LogP) is 3.51. The molecule has 0 spiro atoms. The molecule has 0 bridgehead atoms. The van der Waals surface area contributed by atoms with Crippen LogP contribution in [0, 0.1) is 6.92 Å². The molecule has 0 fully saturated rings. The Balaban J connectivity index is 1.41. The zero-order chi connectivity index (χ0) is 23.6. The lowest BCUT2D eigenvalue weighted by molar-refractivity contribution is -0.118. The lowest BCUT2D eigenvalue weighted by Crippen LogP contribution is -2.27. The van der Waals surface area contributed by atoms with Crippen LogP contribution in [0.5, 0.6) is 11.5 Å². The van der Waals surface area contributed by atoms with Crippen LogP contribution in [0.3, 0.4) is 0 Å². The number of aryl methyl sites for hydroxylation is 1. The number of carbonyl (C=O) groups is 2. The Kier molecular flexibility index (Phi) is 8.65. The summed E-state index contributed by atoms with van der Waals surface area (Å²) in [6, 6.07) is 16.3. The van der Waals surface area contributed by atoms with E-state index in [0.717, 1.165) is 11.1 Å². The van der Waals surface area contributed by atoms with Crippen LogP contribution in [0.1, 0.15) is 21.5 Å². The standard InChI is InChI=1S/C24H26N4O4S/c1-16-4-7-18(8-5-16)24(30)26-21-10-11-23(28-27-21)33-15-22(29)25-13-12-17-6-9-19(31-2)20(14-17)32-3/h4-11,14H,12-13,15H2,1-3H3,(H,25,29)(H,26,27,30). The molecule has 0 atom stereocenters. The molecule has 0 saturated heterocycles. The average molecular weight is 467 g/mol. The number of ether oxygens (including phenoxy) is 2. The summed E-state index contributed by atoms with van der Waals surface area (Å²) in [6.45, 7) is 2.46. The van der Waals surface area contributed by atoms with E-state index < -0.39 is 0 Å². The predicted molar refractivity (Wildman–Crippen MR) is 128 cm³/mol. The molecule has 2 N–H and O–H groups in total. The second kappa shape index (κ2) is 11.9. The van der Waals surface area contributed by atoms with Gasteiger partial charge in [0.05, 0.1) is 20.0 Å². The molecule has 0 aliphatic rings. The van der Waals surface area contributed by atoms with E-state index in [4.69, 9.17) is 9.47 Å². The van der Waals surface area contributed by atoms with E-state index in [1.54, 1.807) is 38.5 Å². The first kappa shape index (κ1) is 24.1. The molecule has 2 amide bonds. The van der Waals surface area contributed by atoms with Crippen molar-refractivity contribution in [1.82, 2.24) is 15.5 Å². The highest BCUT2D eigenvalue weighted by Gasteiger charge is 2.09. The summed E-state index contributed by atoms with van der Waals surface area (Å²) in [4.78, 5) is 24.4. The van der Waals surface area contributed by atoms with Gasteiger partial charge in [-0.25, -0.2) is 0 Å². The van der Waals surface area contributed by atoms with Crippen molar-refractivity contribution in [3.05, 3.63) is 71.3 Å². The van der Waals surface area contributed by atoms with Crippen LogP contribution in [0.25, 0.3) is 0 Å². The van der Waals surface area contributed by atoms with Crippen molar-refractivity contribution in [3.63, 3.8) is 0 Å². The van der Waals surface area contributed by atoms with Crippen LogP contribution in [-0.2, 0) is 11.2 Å². The Morgan fingerprint density at radius 2 is 1.70 bits per heavy atom. The fraction of sp³-hybridized carbons (Fsp3) is 0.250. The molecule has 1 heterocycles. The number of nitrogens with one attached hydrogen (secondary N) is 2. The molecule has 9 heteroatoms. The molecule has 2 aromatic carbocycles. The number of carbonyl (C=O) groups excluding carboxylic acids is 2. The Hall–Kier alpha value is -3.59. The molecule has 33 heavy (non-hydrogen) atoms. The third kappa shape index (κ3) is 7.21. The second-order valence-corrected chi connectivity index (χ2v) is 8.15. The molecule has 3 aromatic rings. The maximum absolute atomic E-state index is 12.2. The van der Waals surface area contributed by atoms with Gasteiger partial charge in [-0.15, -0.1) is 10.2 Å². The summed E-state index contributed by atoms with van der Waals surface area (Å²) in [6.07, 6.45) is 0.673. The van der Waals surface area contributed by atoms with Crippen molar-refractivity contribution in [3.8, 4) is 11.5 Å². The first-order valence-electron chi connectivity index (χ1n) is 10.3. The molecule has 1 aromatic heterocycles. The van der Waals surface area contributed by atoms with Crippen LogP contribution in [-0.4, -0.2) is 48.5 Å². The number of benzene rings is 2. The highest BCUT2D eigenvalue weighted by atomic mass is 32.2. The van der Waals surface area contributed by atoms with Gasteiger partial charge in [0.15, 0.2) is 17.3 Å². The van der Waals surface area contributed by atoms with E-state index in [1.165, 1.54) is 11.8 Å². The molecule has 0 aliphatic carbocycles. The number of methoxy groups -OCH3 is 2. The van der Waals surface area contributed by atoms with E-state index >= 15 is 0 Å². The fourth-order valence-electron chi connectivity index (χ4n) is 2.93. The number of anilines is 1. The third-order valence-corrected chi connectivity index (χ3v) is 5.65. The summed E-state index contributed by atoms with van der Waals surface area (Å²) < 4.78 is 10.5. The number of nitrogens with zero attached hydrogens (tertiary/aromatic N) is 2. The second-order valence-electron chi connectivity index (χ2n) is 7.15. The van der Waals surface area contributed by atoms with Crippen LogP contribution in [0.2, 0.25) is 0 Å². The van der Waals surface area contributed by atoms with E-state index in [9.17, 15) is 9.59 Å². The first-order valence-corrected chi connectivity index (χ1v) is 11.3. The summed E-state index contributed by atoms with van der Waals surface area (Å²) in [5, 5.41) is 14.3. The summed E-state index contributed by atoms with van der Waals surface area (Å²) in [5.41, 5.74) is 2.66. The molecular weight excluding hydrogens is 440 g/mol. The van der Waals surface area contributed by atoms with Gasteiger partial charge in [-0.3, -0.25) is 9.59 Å². The van der Waals surface area contributed by atoms with Gasteiger partial charge in [-0.1, -0.05) is 35.5 Å². The number of amides is 2. The quantitative estimate of drug-likeness (QED) is 0.441. The van der Waals surface area contributed by atoms with Gasteiger partial charge >= 0.3 is 0 Å². The number of thioether (sulfide) groups is 1. The van der Waals surface area contributed by atoms with Crippen LogP contribution < -0.4 is 20.1 Å². The fourth-order valence-corrected chi connectivity index (χ4v) is 3.57. The Morgan fingerprint density at radius 1 is 0.939 bits per heavy atom. The number of hydrogen-bond donors (Lipinski definition) is 2. The average Bonchev–Trinajstić information content (AvgIpc) is 2.83. The highest BCUT2D eigenvalue weighted by molar-refractivity contribution is 7.99. The zero-order valence-corrected chi connectivity index (χ0v) is 19.6. The van der Waals surface area contributed by atoms with Crippen molar-refractivity contribution < 1.29 is 19.1 Å². The van der Waals surface area contributed by atoms with Crippen LogP contribution in [0.4, 0.5) is 5.82 Å². The molecule has 8 nitrogen and oxygen atoms in total. The Bertz CT molecular complexity index is 1090. The zero-order valence-electron chi connectivity index (χ0n) is 18.8. The minimum atomic E-state index is -0.251. The van der Waals surface area contributed by atoms with Gasteiger partial charge in [-0.2, -0.15) is 0 Å². The topological polar surface area (TPSA) is 102 Å². The largest absolute Gasteiger partial charge is 0.493 e. The smallest absolute Gasteiger partial charge is 0.256 e. The Labute approximate surface area is 197 Å². The minimum Gasteiger partial charge on any atom is -0.493 e. The maximum atomic E-state index is 12.2. The molecule has 3 rings (SSSR count). The summed E-state index contributed by atoms with van der Waals surface area (Å²) in [5.74, 6) is 1.55. The third-order valence-electron chi connectivity index (χ3n) is 4.73. The van der Waals surface area contributed by atoms with Crippen molar-refractivity contribution >= 4 is 29.4 Å². The van der Waals surface area contributed by atoms with E-state index in [0.29, 0.717) is 40.9 Å². The van der Waals surface area contributed by atoms with Crippen molar-refractivity contribution in [1.29, 1.82) is 0 Å². The van der Waals surface area contributed by atoms with Crippen molar-refractivity contribution in [2.75, 3.05) is 31.8 Å². The van der Waals surface area contributed by atoms with Crippen LogP contribution >= 0.6 is 11.8 Å². The lowest BCUT2D eigenvalue weighted by atomic mass is 10.1. The SMILES string of the molecule is COc1ccc(CCNC(=O)CSc2ccc(NC(=O)c3ccc(C)cc3)nn2)cc1OC. The minimum absolute atomic E-state index is 0.0981. The number of aromatic nitrogens is 2. The van der Waals surface area contributed by atoms with Crippen LogP contribution in [0.15, 0.2) is 59.6 Å². The molecule has 172 valence electrons. The van der Waals surface area contributed by atoms with Crippen molar-refractivity contribution in [2.45, 2.75) is 18.4 Å². The summed E-state index contributed by atoms with van der Waals surface area (Å²) >= 11 is 1.28. The molecular formula is C24H26N4O4S. The van der Waals surface area contributed by atoms with Gasteiger partial charge < -0.3 is 20.1 Å². The number of rotatable bonds is 10. The molecule has 0 unspecified atom stereocenters. The van der Waals surface area contributed by atoms with Gasteiger partial charge in [0, 0.05) is 12.1 Å². The lowest BCUT2D eigenvalue weighted by Gasteiger charge is -2.10. The van der Waals surface area contributed by atoms with Crippen molar-refractivity contribution in [2.24, 2.45) is 0 Å². The molecule has 0 aliphatic heterocycles. The van der Waals surface area contributed by atoms with Gasteiger partial charge in [0.1, 0.15) is 5.03 Å². The normalized spacial score (nSPS) is 10.4. The molecule has 0 radical (unpaired) electrons. The van der Waals surface area contributed by atoms with Gasteiger partial charge in [-0.05, 0) is 55.3 Å². The van der Waals surface area contributed by atoms with E-state index in [2.05, 4.69) is 20.8 Å². The van der Waals surface area contributed by atoms with E-state index in [1.807, 2.05) is 37.3 Å². The molecule has 0 saturated carbocycles. The first-order chi connectivity index (χ1) is 16.0. The Morgan fingerprint density at radius 3 is 2.36 bits per heavy atom. The van der Waals surface area contributed by atoms with Gasteiger partial charge in [0.2, 0.25) is 5.91 Å².